The van der Waals surface area contributed by atoms with Crippen LogP contribution in [0, 0.1) is 0 Å². The van der Waals surface area contributed by atoms with Crippen LogP contribution in [-0.2, 0) is 6.42 Å². The van der Waals surface area contributed by atoms with E-state index in [1.807, 2.05) is 0 Å². The molecular weight excluding hydrogens is 270 g/mol. The smallest absolute Gasteiger partial charge is 0.265 e. The SMILES string of the molecule is CCCc1nnsc1C(=O)NC1CCC(Cl)CC1. The zero-order valence-corrected chi connectivity index (χ0v) is 12.1. The first-order chi connectivity index (χ1) is 8.70. The summed E-state index contributed by atoms with van der Waals surface area (Å²) in [6.45, 7) is 2.07. The lowest BCUT2D eigenvalue weighted by Crippen LogP contribution is -2.37. The van der Waals surface area contributed by atoms with Crippen LogP contribution in [0.4, 0.5) is 0 Å². The predicted molar refractivity (Wildman–Crippen MR) is 73.3 cm³/mol. The highest BCUT2D eigenvalue weighted by Gasteiger charge is 2.23. The summed E-state index contributed by atoms with van der Waals surface area (Å²) in [6, 6.07) is 0.254. The van der Waals surface area contributed by atoms with Crippen LogP contribution < -0.4 is 5.32 Å². The maximum atomic E-state index is 12.1. The number of nitrogens with zero attached hydrogens (tertiary/aromatic N) is 2. The summed E-state index contributed by atoms with van der Waals surface area (Å²) in [4.78, 5) is 12.8. The normalized spacial score (nSPS) is 23.9. The van der Waals surface area contributed by atoms with E-state index in [1.165, 1.54) is 11.5 Å². The molecule has 18 heavy (non-hydrogen) atoms. The van der Waals surface area contributed by atoms with Crippen LogP contribution >= 0.6 is 23.1 Å². The number of aromatic nitrogens is 2. The maximum absolute atomic E-state index is 12.1. The minimum atomic E-state index is -0.0218. The highest BCUT2D eigenvalue weighted by molar-refractivity contribution is 7.08. The molecule has 0 aromatic carbocycles. The Labute approximate surface area is 116 Å². The molecule has 100 valence electrons. The molecular formula is C12H18ClN3OS. The second-order valence-corrected chi connectivity index (χ2v) is 6.09. The molecule has 1 aromatic rings. The van der Waals surface area contributed by atoms with Gasteiger partial charge in [-0.3, -0.25) is 4.79 Å². The Morgan fingerprint density at radius 1 is 1.44 bits per heavy atom. The molecule has 1 heterocycles. The number of carbonyl (C=O) groups excluding carboxylic acids is 1. The topological polar surface area (TPSA) is 54.9 Å². The van der Waals surface area contributed by atoms with Gasteiger partial charge in [-0.25, -0.2) is 0 Å². The van der Waals surface area contributed by atoms with E-state index in [0.717, 1.165) is 44.2 Å². The van der Waals surface area contributed by atoms with Gasteiger partial charge in [0.25, 0.3) is 5.91 Å². The third-order valence-electron chi connectivity index (χ3n) is 3.24. The number of halogens is 1. The zero-order chi connectivity index (χ0) is 13.0. The van der Waals surface area contributed by atoms with Gasteiger partial charge in [0.05, 0.1) is 5.69 Å². The van der Waals surface area contributed by atoms with Crippen molar-refractivity contribution in [3.8, 4) is 0 Å². The van der Waals surface area contributed by atoms with Crippen molar-refractivity contribution in [2.45, 2.75) is 56.9 Å². The molecule has 1 fully saturated rings. The highest BCUT2D eigenvalue weighted by atomic mass is 35.5. The molecule has 0 atom stereocenters. The summed E-state index contributed by atoms with van der Waals surface area (Å²) in [5.74, 6) is -0.0218. The summed E-state index contributed by atoms with van der Waals surface area (Å²) < 4.78 is 3.88. The number of carbonyl (C=O) groups is 1. The van der Waals surface area contributed by atoms with Gasteiger partial charge in [0.2, 0.25) is 0 Å². The van der Waals surface area contributed by atoms with Crippen LogP contribution in [0.2, 0.25) is 0 Å². The van der Waals surface area contributed by atoms with Gasteiger partial charge in [-0.1, -0.05) is 17.8 Å². The second kappa shape index (κ2) is 6.48. The molecule has 0 saturated heterocycles. The lowest BCUT2D eigenvalue weighted by molar-refractivity contribution is 0.0931. The Morgan fingerprint density at radius 2 is 2.17 bits per heavy atom. The van der Waals surface area contributed by atoms with Gasteiger partial charge in [0.1, 0.15) is 4.88 Å². The second-order valence-electron chi connectivity index (χ2n) is 4.72. The molecule has 2 rings (SSSR count). The Balaban J connectivity index is 1.93. The van der Waals surface area contributed by atoms with Crippen LogP contribution in [-0.4, -0.2) is 26.9 Å². The quantitative estimate of drug-likeness (QED) is 0.867. The molecule has 0 spiro atoms. The van der Waals surface area contributed by atoms with E-state index in [0.29, 0.717) is 4.88 Å². The number of hydrogen-bond acceptors (Lipinski definition) is 4. The van der Waals surface area contributed by atoms with Gasteiger partial charge < -0.3 is 5.32 Å². The van der Waals surface area contributed by atoms with Gasteiger partial charge in [-0.2, -0.15) is 0 Å². The third-order valence-corrected chi connectivity index (χ3v) is 4.44. The molecule has 0 unspecified atom stereocenters. The van der Waals surface area contributed by atoms with Crippen LogP contribution in [0.5, 0.6) is 0 Å². The van der Waals surface area contributed by atoms with Crippen molar-refractivity contribution in [3.05, 3.63) is 10.6 Å². The average Bonchev–Trinajstić information content (AvgIpc) is 2.81. The van der Waals surface area contributed by atoms with Gasteiger partial charge >= 0.3 is 0 Å². The molecule has 1 aromatic heterocycles. The molecule has 0 bridgehead atoms. The van der Waals surface area contributed by atoms with Crippen molar-refractivity contribution in [2.75, 3.05) is 0 Å². The summed E-state index contributed by atoms with van der Waals surface area (Å²) in [5.41, 5.74) is 0.825. The number of amides is 1. The Morgan fingerprint density at radius 3 is 2.83 bits per heavy atom. The Hall–Kier alpha value is -0.680. The Bertz CT molecular complexity index is 402. The number of rotatable bonds is 4. The van der Waals surface area contributed by atoms with Crippen molar-refractivity contribution in [2.24, 2.45) is 0 Å². The molecule has 1 aliphatic rings. The monoisotopic (exact) mass is 287 g/mol. The van der Waals surface area contributed by atoms with Crippen molar-refractivity contribution < 1.29 is 4.79 Å². The summed E-state index contributed by atoms with van der Waals surface area (Å²) >= 11 is 7.24. The van der Waals surface area contributed by atoms with E-state index in [9.17, 15) is 4.79 Å². The largest absolute Gasteiger partial charge is 0.349 e. The number of alkyl halides is 1. The van der Waals surface area contributed by atoms with Gasteiger partial charge in [-0.15, -0.1) is 16.7 Å². The highest BCUT2D eigenvalue weighted by Crippen LogP contribution is 2.23. The molecule has 0 radical (unpaired) electrons. The van der Waals surface area contributed by atoms with Crippen LogP contribution in [0.15, 0.2) is 0 Å². The summed E-state index contributed by atoms with van der Waals surface area (Å²) in [5, 5.41) is 7.37. The van der Waals surface area contributed by atoms with Crippen LogP contribution in [0.25, 0.3) is 0 Å². The van der Waals surface area contributed by atoms with Gasteiger partial charge in [0.15, 0.2) is 0 Å². The lowest BCUT2D eigenvalue weighted by Gasteiger charge is -2.25. The zero-order valence-electron chi connectivity index (χ0n) is 10.5. The molecule has 1 saturated carbocycles. The molecule has 1 N–H and O–H groups in total. The van der Waals surface area contributed by atoms with Crippen molar-refractivity contribution in [3.63, 3.8) is 0 Å². The fraction of sp³-hybridized carbons (Fsp3) is 0.750. The van der Waals surface area contributed by atoms with E-state index in [2.05, 4.69) is 21.8 Å². The Kier molecular flexibility index (Phi) is 4.95. The van der Waals surface area contributed by atoms with E-state index in [-0.39, 0.29) is 17.3 Å². The van der Waals surface area contributed by atoms with E-state index < -0.39 is 0 Å². The molecule has 1 aliphatic carbocycles. The summed E-state index contributed by atoms with van der Waals surface area (Å²) in [6.07, 6.45) is 5.69. The van der Waals surface area contributed by atoms with Crippen molar-refractivity contribution in [1.82, 2.24) is 14.9 Å². The maximum Gasteiger partial charge on any atom is 0.265 e. The third kappa shape index (κ3) is 3.42. The molecule has 4 nitrogen and oxygen atoms in total. The van der Waals surface area contributed by atoms with E-state index in [1.54, 1.807) is 0 Å². The lowest BCUT2D eigenvalue weighted by atomic mass is 9.95. The minimum Gasteiger partial charge on any atom is -0.349 e. The van der Waals surface area contributed by atoms with E-state index in [4.69, 9.17) is 11.6 Å². The van der Waals surface area contributed by atoms with Gasteiger partial charge in [0, 0.05) is 11.4 Å². The van der Waals surface area contributed by atoms with E-state index >= 15 is 0 Å². The number of nitrogens with one attached hydrogen (secondary N) is 1. The van der Waals surface area contributed by atoms with Crippen LogP contribution in [0.3, 0.4) is 0 Å². The fourth-order valence-electron chi connectivity index (χ4n) is 2.23. The summed E-state index contributed by atoms with van der Waals surface area (Å²) in [7, 11) is 0. The number of hydrogen-bond donors (Lipinski definition) is 1. The first-order valence-corrected chi connectivity index (χ1v) is 7.67. The van der Waals surface area contributed by atoms with Gasteiger partial charge in [-0.05, 0) is 43.6 Å². The fourth-order valence-corrected chi connectivity index (χ4v) is 3.09. The molecule has 0 aliphatic heterocycles. The van der Waals surface area contributed by atoms with Crippen molar-refractivity contribution >= 4 is 29.0 Å². The predicted octanol–water partition coefficient (Wildman–Crippen LogP) is 2.77. The van der Waals surface area contributed by atoms with Crippen molar-refractivity contribution in [1.29, 1.82) is 0 Å². The molecule has 6 heteroatoms. The molecule has 1 amide bonds. The first-order valence-electron chi connectivity index (χ1n) is 6.46. The average molecular weight is 288 g/mol. The minimum absolute atomic E-state index is 0.0218. The number of aryl methyl sites for hydroxylation is 1. The van der Waals surface area contributed by atoms with Crippen LogP contribution in [0.1, 0.15) is 54.4 Å². The standard InChI is InChI=1S/C12H18ClN3OS/c1-2-3-10-11(18-16-15-10)12(17)14-9-6-4-8(13)5-7-9/h8-9H,2-7H2,1H3,(H,14,17). The first kappa shape index (κ1) is 13.7.